The van der Waals surface area contributed by atoms with Crippen LogP contribution in [0.3, 0.4) is 0 Å². The highest BCUT2D eigenvalue weighted by Gasteiger charge is 2.13. The Labute approximate surface area is 165 Å². The third-order valence-corrected chi connectivity index (χ3v) is 4.14. The number of fused-ring (bicyclic) bond motifs is 1. The Morgan fingerprint density at radius 1 is 1.07 bits per heavy atom. The molecular formula is C22H16N2O5. The normalized spacial score (nSPS) is 10.6. The summed E-state index contributed by atoms with van der Waals surface area (Å²) >= 11 is 0. The molecule has 2 heterocycles. The van der Waals surface area contributed by atoms with Crippen LogP contribution in [0.4, 0.5) is 5.69 Å². The predicted octanol–water partition coefficient (Wildman–Crippen LogP) is 3.58. The van der Waals surface area contributed by atoms with Crippen LogP contribution in [0.5, 0.6) is 11.6 Å². The van der Waals surface area contributed by atoms with Gasteiger partial charge >= 0.3 is 0 Å². The van der Waals surface area contributed by atoms with Crippen LogP contribution in [-0.4, -0.2) is 22.6 Å². The molecule has 0 radical (unpaired) electrons. The highest BCUT2D eigenvalue weighted by molar-refractivity contribution is 5.96. The minimum atomic E-state index is -0.448. The zero-order valence-corrected chi connectivity index (χ0v) is 15.2. The molecule has 0 aliphatic carbocycles. The van der Waals surface area contributed by atoms with Crippen LogP contribution in [0.25, 0.3) is 22.3 Å². The molecule has 1 amide bonds. The first-order valence-electron chi connectivity index (χ1n) is 8.80. The lowest BCUT2D eigenvalue weighted by atomic mass is 10.1. The Morgan fingerprint density at radius 2 is 1.86 bits per heavy atom. The lowest BCUT2D eigenvalue weighted by Crippen LogP contribution is -2.20. The van der Waals surface area contributed by atoms with E-state index in [-0.39, 0.29) is 34.4 Å². The fraction of sp³-hybridized carbons (Fsp3) is 0.0455. The maximum atomic E-state index is 12.5. The molecule has 0 spiro atoms. The first-order valence-corrected chi connectivity index (χ1v) is 8.80. The highest BCUT2D eigenvalue weighted by Crippen LogP contribution is 2.30. The molecular weight excluding hydrogens is 372 g/mol. The van der Waals surface area contributed by atoms with E-state index in [1.807, 2.05) is 30.3 Å². The van der Waals surface area contributed by atoms with Gasteiger partial charge in [-0.2, -0.15) is 0 Å². The molecule has 4 rings (SSSR count). The van der Waals surface area contributed by atoms with E-state index in [2.05, 4.69) is 10.3 Å². The number of phenolic OH excluding ortho intramolecular Hbond substituents is 1. The second-order valence-corrected chi connectivity index (χ2v) is 6.21. The summed E-state index contributed by atoms with van der Waals surface area (Å²) in [4.78, 5) is 28.6. The van der Waals surface area contributed by atoms with Gasteiger partial charge < -0.3 is 19.6 Å². The number of nitrogens with zero attached hydrogens (tertiary/aromatic N) is 1. The molecule has 0 atom stereocenters. The molecule has 0 aliphatic rings. The molecule has 7 nitrogen and oxygen atoms in total. The van der Waals surface area contributed by atoms with Gasteiger partial charge in [0.15, 0.2) is 12.0 Å². The Balaban J connectivity index is 1.60. The van der Waals surface area contributed by atoms with E-state index >= 15 is 0 Å². The fourth-order valence-corrected chi connectivity index (χ4v) is 2.85. The SMILES string of the molecule is O=C(COc1ccccn1)Nc1cc(O)c2c(=O)cc(-c3ccccc3)oc2c1. The molecule has 0 bridgehead atoms. The number of pyridine rings is 1. The summed E-state index contributed by atoms with van der Waals surface area (Å²) in [6.45, 7) is -0.260. The van der Waals surface area contributed by atoms with Crippen LogP contribution < -0.4 is 15.5 Å². The summed E-state index contributed by atoms with van der Waals surface area (Å²) in [6.07, 6.45) is 1.56. The van der Waals surface area contributed by atoms with Crippen LogP contribution in [0.15, 0.2) is 82.1 Å². The smallest absolute Gasteiger partial charge is 0.262 e. The number of anilines is 1. The van der Waals surface area contributed by atoms with Gasteiger partial charge in [-0.25, -0.2) is 4.98 Å². The summed E-state index contributed by atoms with van der Waals surface area (Å²) in [6, 6.07) is 18.4. The number of hydrogen-bond donors (Lipinski definition) is 2. The Kier molecular flexibility index (Phi) is 4.94. The van der Waals surface area contributed by atoms with Gasteiger partial charge in [-0.15, -0.1) is 0 Å². The van der Waals surface area contributed by atoms with Gasteiger partial charge in [0.25, 0.3) is 5.91 Å². The van der Waals surface area contributed by atoms with E-state index in [0.29, 0.717) is 11.6 Å². The Hall–Kier alpha value is -4.13. The van der Waals surface area contributed by atoms with Crippen molar-refractivity contribution in [3.05, 3.63) is 83.2 Å². The van der Waals surface area contributed by atoms with E-state index in [9.17, 15) is 14.7 Å². The van der Waals surface area contributed by atoms with Crippen LogP contribution in [0.1, 0.15) is 0 Å². The van der Waals surface area contributed by atoms with Crippen LogP contribution in [0.2, 0.25) is 0 Å². The highest BCUT2D eigenvalue weighted by atomic mass is 16.5. The number of ether oxygens (including phenoxy) is 1. The van der Waals surface area contributed by atoms with E-state index in [4.69, 9.17) is 9.15 Å². The number of aromatic hydroxyl groups is 1. The molecule has 2 aromatic heterocycles. The van der Waals surface area contributed by atoms with E-state index < -0.39 is 5.91 Å². The molecule has 0 aliphatic heterocycles. The maximum Gasteiger partial charge on any atom is 0.262 e. The second kappa shape index (κ2) is 7.85. The van der Waals surface area contributed by atoms with Crippen molar-refractivity contribution in [2.75, 3.05) is 11.9 Å². The molecule has 29 heavy (non-hydrogen) atoms. The van der Waals surface area contributed by atoms with Crippen LogP contribution >= 0.6 is 0 Å². The summed E-state index contributed by atoms with van der Waals surface area (Å²) in [5.41, 5.74) is 0.790. The number of phenols is 1. The minimum absolute atomic E-state index is 0.0485. The van der Waals surface area contributed by atoms with E-state index in [0.717, 1.165) is 5.56 Å². The zero-order valence-electron chi connectivity index (χ0n) is 15.2. The summed E-state index contributed by atoms with van der Waals surface area (Å²) in [5.74, 6) is -0.0419. The molecule has 2 aromatic carbocycles. The maximum absolute atomic E-state index is 12.5. The largest absolute Gasteiger partial charge is 0.507 e. The number of nitrogens with one attached hydrogen (secondary N) is 1. The molecule has 4 aromatic rings. The lowest BCUT2D eigenvalue weighted by Gasteiger charge is -2.09. The van der Waals surface area contributed by atoms with Gasteiger partial charge in [-0.3, -0.25) is 9.59 Å². The Bertz CT molecular complexity index is 1220. The molecule has 2 N–H and O–H groups in total. The van der Waals surface area contributed by atoms with Crippen molar-refractivity contribution in [1.29, 1.82) is 0 Å². The topological polar surface area (TPSA) is 102 Å². The fourth-order valence-electron chi connectivity index (χ4n) is 2.85. The van der Waals surface area contributed by atoms with Gasteiger partial charge in [0.05, 0.1) is 0 Å². The third-order valence-electron chi connectivity index (χ3n) is 4.14. The monoisotopic (exact) mass is 388 g/mol. The van der Waals surface area contributed by atoms with Crippen molar-refractivity contribution in [2.24, 2.45) is 0 Å². The van der Waals surface area contributed by atoms with Gasteiger partial charge in [-0.1, -0.05) is 36.4 Å². The number of hydrogen-bond acceptors (Lipinski definition) is 6. The van der Waals surface area contributed by atoms with Crippen molar-refractivity contribution < 1.29 is 19.1 Å². The number of benzene rings is 2. The number of carbonyl (C=O) groups is 1. The molecule has 0 saturated heterocycles. The van der Waals surface area contributed by atoms with Crippen molar-refractivity contribution in [1.82, 2.24) is 4.98 Å². The molecule has 0 fully saturated rings. The second-order valence-electron chi connectivity index (χ2n) is 6.21. The van der Waals surface area contributed by atoms with Crippen molar-refractivity contribution in [3.8, 4) is 23.0 Å². The van der Waals surface area contributed by atoms with Gasteiger partial charge in [-0.05, 0) is 6.07 Å². The quantitative estimate of drug-likeness (QED) is 0.542. The average molecular weight is 388 g/mol. The minimum Gasteiger partial charge on any atom is -0.507 e. The summed E-state index contributed by atoms with van der Waals surface area (Å²) < 4.78 is 11.1. The molecule has 0 unspecified atom stereocenters. The zero-order chi connectivity index (χ0) is 20.2. The van der Waals surface area contributed by atoms with Crippen molar-refractivity contribution in [3.63, 3.8) is 0 Å². The number of rotatable bonds is 5. The van der Waals surface area contributed by atoms with Crippen LogP contribution in [0, 0.1) is 0 Å². The van der Waals surface area contributed by atoms with E-state index in [1.54, 1.807) is 24.4 Å². The lowest BCUT2D eigenvalue weighted by molar-refractivity contribution is -0.118. The molecule has 7 heteroatoms. The first-order chi connectivity index (χ1) is 14.1. The first kappa shape index (κ1) is 18.2. The number of carbonyl (C=O) groups excluding carboxylic acids is 1. The summed E-state index contributed by atoms with van der Waals surface area (Å²) in [7, 11) is 0. The summed E-state index contributed by atoms with van der Waals surface area (Å²) in [5, 5.41) is 12.9. The van der Waals surface area contributed by atoms with Crippen molar-refractivity contribution in [2.45, 2.75) is 0 Å². The average Bonchev–Trinajstić information content (AvgIpc) is 2.73. The predicted molar refractivity (Wildman–Crippen MR) is 108 cm³/mol. The molecule has 144 valence electrons. The van der Waals surface area contributed by atoms with Crippen LogP contribution in [-0.2, 0) is 4.79 Å². The number of amides is 1. The number of aromatic nitrogens is 1. The molecule has 0 saturated carbocycles. The Morgan fingerprint density at radius 3 is 2.62 bits per heavy atom. The van der Waals surface area contributed by atoms with Gasteiger partial charge in [0.2, 0.25) is 5.88 Å². The third kappa shape index (κ3) is 4.08. The van der Waals surface area contributed by atoms with E-state index in [1.165, 1.54) is 18.2 Å². The standard InChI is InChI=1S/C22H16N2O5/c25-16-10-15(24-20(27)13-28-21-8-4-5-9-23-21)11-19-22(16)17(26)12-18(29-19)14-6-2-1-3-7-14/h1-12,25H,13H2,(H,24,27). The van der Waals surface area contributed by atoms with Gasteiger partial charge in [0.1, 0.15) is 22.5 Å². The van der Waals surface area contributed by atoms with Crippen molar-refractivity contribution >= 4 is 22.6 Å². The van der Waals surface area contributed by atoms with Gasteiger partial charge in [0, 0.05) is 41.7 Å².